The summed E-state index contributed by atoms with van der Waals surface area (Å²) in [6.45, 7) is 12.5. The highest BCUT2D eigenvalue weighted by molar-refractivity contribution is 5.97. The molecule has 0 aliphatic carbocycles. The molecule has 230 valence electrons. The van der Waals surface area contributed by atoms with Crippen molar-refractivity contribution in [3.63, 3.8) is 0 Å². The molecule has 2 aliphatic rings. The highest BCUT2D eigenvalue weighted by Gasteiger charge is 2.26. The molecule has 8 heteroatoms. The van der Waals surface area contributed by atoms with Crippen LogP contribution in [0.2, 0.25) is 0 Å². The minimum Gasteiger partial charge on any atom is -0.496 e. The van der Waals surface area contributed by atoms with E-state index in [4.69, 9.17) is 24.2 Å². The standard InChI is InChI=1S/C36H42N4O4/c1-5-25-9-12-31-32(19-25)40(21-29-15-18-43-29)34(37-31)22-39-16-13-26(14-17-39)30-7-6-8-35(38-30)44-23-28-11-10-27(20-33(28)42-4)36(41)24(2)3/h5-12,19-20,24,26,29H,1,13-18,21-23H2,2-4H3. The highest BCUT2D eigenvalue weighted by Crippen LogP contribution is 2.30. The third-order valence-electron chi connectivity index (χ3n) is 8.85. The minimum atomic E-state index is -0.0677. The molecule has 0 amide bonds. The molecule has 1 atom stereocenters. The van der Waals surface area contributed by atoms with Gasteiger partial charge in [-0.05, 0) is 62.2 Å². The molecule has 0 spiro atoms. The number of rotatable bonds is 12. The van der Waals surface area contributed by atoms with E-state index in [0.717, 1.165) is 85.7 Å². The number of fused-ring (bicyclic) bond motifs is 1. The topological polar surface area (TPSA) is 78.7 Å². The van der Waals surface area contributed by atoms with Crippen LogP contribution in [0.25, 0.3) is 17.1 Å². The number of ether oxygens (including phenoxy) is 3. The number of carbonyl (C=O) groups is 1. The van der Waals surface area contributed by atoms with Crippen molar-refractivity contribution in [2.45, 2.75) is 64.8 Å². The van der Waals surface area contributed by atoms with E-state index in [1.54, 1.807) is 13.2 Å². The van der Waals surface area contributed by atoms with Crippen LogP contribution in [-0.2, 0) is 24.4 Å². The minimum absolute atomic E-state index is 0.0677. The summed E-state index contributed by atoms with van der Waals surface area (Å²) in [6.07, 6.45) is 5.31. The Morgan fingerprint density at radius 2 is 1.91 bits per heavy atom. The fourth-order valence-corrected chi connectivity index (χ4v) is 6.10. The first kappa shape index (κ1) is 30.0. The number of benzene rings is 2. The lowest BCUT2D eigenvalue weighted by atomic mass is 9.93. The zero-order valence-electron chi connectivity index (χ0n) is 26.0. The summed E-state index contributed by atoms with van der Waals surface area (Å²) >= 11 is 0. The van der Waals surface area contributed by atoms with Crippen LogP contribution < -0.4 is 9.47 Å². The van der Waals surface area contributed by atoms with E-state index < -0.39 is 0 Å². The summed E-state index contributed by atoms with van der Waals surface area (Å²) in [5.74, 6) is 2.75. The molecule has 2 fully saturated rings. The Hall–Kier alpha value is -4.01. The second kappa shape index (κ2) is 13.3. The fraction of sp³-hybridized carbons (Fsp3) is 0.417. The largest absolute Gasteiger partial charge is 0.496 e. The number of imidazole rings is 1. The third-order valence-corrected chi connectivity index (χ3v) is 8.85. The van der Waals surface area contributed by atoms with Crippen molar-refractivity contribution in [1.82, 2.24) is 19.4 Å². The molecule has 4 aromatic rings. The predicted molar refractivity (Wildman–Crippen MR) is 172 cm³/mol. The van der Waals surface area contributed by atoms with Crippen molar-refractivity contribution in [2.75, 3.05) is 26.8 Å². The van der Waals surface area contributed by atoms with Gasteiger partial charge in [-0.25, -0.2) is 9.97 Å². The maximum Gasteiger partial charge on any atom is 0.213 e. The summed E-state index contributed by atoms with van der Waals surface area (Å²) in [5, 5.41) is 0. The molecule has 0 saturated carbocycles. The number of hydrogen-bond acceptors (Lipinski definition) is 7. The van der Waals surface area contributed by atoms with Gasteiger partial charge in [-0.1, -0.05) is 50.8 Å². The van der Waals surface area contributed by atoms with E-state index in [-0.39, 0.29) is 17.8 Å². The normalized spacial score (nSPS) is 17.5. The number of ketones is 1. The summed E-state index contributed by atoms with van der Waals surface area (Å²) in [7, 11) is 1.62. The van der Waals surface area contributed by atoms with E-state index >= 15 is 0 Å². The van der Waals surface area contributed by atoms with E-state index in [9.17, 15) is 4.79 Å². The van der Waals surface area contributed by atoms with Crippen molar-refractivity contribution in [2.24, 2.45) is 5.92 Å². The van der Waals surface area contributed by atoms with Crippen molar-refractivity contribution in [1.29, 1.82) is 0 Å². The highest BCUT2D eigenvalue weighted by atomic mass is 16.5. The Kier molecular flexibility index (Phi) is 9.09. The van der Waals surface area contributed by atoms with Crippen molar-refractivity contribution >= 4 is 22.9 Å². The van der Waals surface area contributed by atoms with E-state index in [0.29, 0.717) is 29.7 Å². The number of methoxy groups -OCH3 is 1. The monoisotopic (exact) mass is 594 g/mol. The number of Topliss-reactive ketones (excluding diaryl/α,β-unsaturated/α-hetero) is 1. The molecule has 2 aromatic heterocycles. The van der Waals surface area contributed by atoms with Gasteiger partial charge in [0.15, 0.2) is 5.78 Å². The number of piperidine rings is 1. The Morgan fingerprint density at radius 1 is 1.09 bits per heavy atom. The third kappa shape index (κ3) is 6.56. The first-order valence-corrected chi connectivity index (χ1v) is 15.7. The van der Waals surface area contributed by atoms with Crippen LogP contribution in [0.15, 0.2) is 61.2 Å². The molecule has 0 bridgehead atoms. The van der Waals surface area contributed by atoms with E-state index in [1.165, 1.54) is 0 Å². The van der Waals surface area contributed by atoms with Crippen LogP contribution in [0.3, 0.4) is 0 Å². The van der Waals surface area contributed by atoms with Crippen LogP contribution in [0, 0.1) is 5.92 Å². The molecular formula is C36H42N4O4. The molecule has 2 saturated heterocycles. The van der Waals surface area contributed by atoms with Gasteiger partial charge in [0.2, 0.25) is 5.88 Å². The summed E-state index contributed by atoms with van der Waals surface area (Å²) < 4.78 is 19.8. The Labute approximate surface area is 259 Å². The number of nitrogens with zero attached hydrogens (tertiary/aromatic N) is 4. The first-order chi connectivity index (χ1) is 21.4. The first-order valence-electron chi connectivity index (χ1n) is 15.7. The van der Waals surface area contributed by atoms with Gasteiger partial charge in [-0.15, -0.1) is 0 Å². The Balaban J connectivity index is 1.08. The summed E-state index contributed by atoms with van der Waals surface area (Å²) in [5.41, 5.74) is 5.88. The second-order valence-corrected chi connectivity index (χ2v) is 12.2. The predicted octanol–water partition coefficient (Wildman–Crippen LogP) is 6.67. The molecule has 4 heterocycles. The SMILES string of the molecule is C=Cc1ccc2nc(CN3CCC(c4cccc(OCc5ccc(C(=O)C(C)C)cc5OC)n4)CC3)n(CC3CCO3)c2c1. The van der Waals surface area contributed by atoms with Gasteiger partial charge < -0.3 is 18.8 Å². The average Bonchev–Trinajstić information content (AvgIpc) is 3.37. The molecular weight excluding hydrogens is 552 g/mol. The molecule has 6 rings (SSSR count). The summed E-state index contributed by atoms with van der Waals surface area (Å²) in [4.78, 5) is 24.8. The molecule has 2 aromatic carbocycles. The average molecular weight is 595 g/mol. The lowest BCUT2D eigenvalue weighted by Gasteiger charge is -2.32. The van der Waals surface area contributed by atoms with Crippen molar-refractivity contribution < 1.29 is 19.0 Å². The number of aromatic nitrogens is 3. The molecule has 44 heavy (non-hydrogen) atoms. The lowest BCUT2D eigenvalue weighted by molar-refractivity contribution is -0.0592. The van der Waals surface area contributed by atoms with Crippen LogP contribution in [0.4, 0.5) is 0 Å². The smallest absolute Gasteiger partial charge is 0.213 e. The van der Waals surface area contributed by atoms with Gasteiger partial charge >= 0.3 is 0 Å². The van der Waals surface area contributed by atoms with Gasteiger partial charge in [0.1, 0.15) is 18.2 Å². The van der Waals surface area contributed by atoms with Gasteiger partial charge in [0.05, 0.1) is 37.3 Å². The zero-order valence-corrected chi connectivity index (χ0v) is 26.0. The van der Waals surface area contributed by atoms with E-state index in [1.807, 2.05) is 44.2 Å². The molecule has 1 unspecified atom stereocenters. The van der Waals surface area contributed by atoms with Crippen molar-refractivity contribution in [3.8, 4) is 11.6 Å². The molecule has 0 N–H and O–H groups in total. The van der Waals surface area contributed by atoms with Crippen LogP contribution in [-0.4, -0.2) is 58.1 Å². The Morgan fingerprint density at radius 3 is 2.61 bits per heavy atom. The van der Waals surface area contributed by atoms with Crippen LogP contribution in [0.1, 0.15) is 72.0 Å². The number of hydrogen-bond donors (Lipinski definition) is 0. The van der Waals surface area contributed by atoms with Crippen LogP contribution in [0.5, 0.6) is 11.6 Å². The quantitative estimate of drug-likeness (QED) is 0.170. The maximum absolute atomic E-state index is 12.4. The zero-order chi connectivity index (χ0) is 30.6. The molecule has 2 aliphatic heterocycles. The van der Waals surface area contributed by atoms with Gasteiger partial charge in [-0.3, -0.25) is 9.69 Å². The molecule has 8 nitrogen and oxygen atoms in total. The number of likely N-dealkylation sites (tertiary alicyclic amines) is 1. The summed E-state index contributed by atoms with van der Waals surface area (Å²) in [6, 6.07) is 17.9. The van der Waals surface area contributed by atoms with E-state index in [2.05, 4.69) is 40.3 Å². The van der Waals surface area contributed by atoms with Crippen LogP contribution >= 0.6 is 0 Å². The number of carbonyl (C=O) groups excluding carboxylic acids is 1. The Bertz CT molecular complexity index is 1630. The van der Waals surface area contributed by atoms with Gasteiger partial charge in [0.25, 0.3) is 0 Å². The maximum atomic E-state index is 12.4. The van der Waals surface area contributed by atoms with Gasteiger partial charge in [-0.2, -0.15) is 0 Å². The van der Waals surface area contributed by atoms with Gasteiger partial charge in [0, 0.05) is 41.3 Å². The second-order valence-electron chi connectivity index (χ2n) is 12.2. The fourth-order valence-electron chi connectivity index (χ4n) is 6.10. The lowest BCUT2D eigenvalue weighted by Crippen LogP contribution is -2.35. The number of pyridine rings is 1. The van der Waals surface area contributed by atoms with Crippen molar-refractivity contribution in [3.05, 3.63) is 89.4 Å². The molecule has 0 radical (unpaired) electrons.